The van der Waals surface area contributed by atoms with E-state index in [1.54, 1.807) is 0 Å². The minimum absolute atomic E-state index is 0.210. The molecule has 1 aromatic heterocycles. The zero-order valence-corrected chi connectivity index (χ0v) is 10.4. The fourth-order valence-corrected chi connectivity index (χ4v) is 3.46. The van der Waals surface area contributed by atoms with Crippen molar-refractivity contribution in [2.45, 2.75) is 37.5 Å². The Morgan fingerprint density at radius 1 is 1.28 bits per heavy atom. The molecule has 0 bridgehead atoms. The minimum Gasteiger partial charge on any atom is -0.356 e. The molecule has 1 N–H and O–H groups in total. The number of rotatable bonds is 2. The Hall–Kier alpha value is -0.890. The summed E-state index contributed by atoms with van der Waals surface area (Å²) in [5, 5.41) is 3.39. The molecule has 0 spiro atoms. The average molecular weight is 278 g/mol. The van der Waals surface area contributed by atoms with Gasteiger partial charge in [0.25, 0.3) is 0 Å². The molecule has 2 aliphatic heterocycles. The molecule has 100 valence electrons. The summed E-state index contributed by atoms with van der Waals surface area (Å²) in [5.41, 5.74) is 0. The third-order valence-electron chi connectivity index (χ3n) is 3.59. The van der Waals surface area contributed by atoms with E-state index in [0.717, 1.165) is 37.5 Å². The van der Waals surface area contributed by atoms with Crippen molar-refractivity contribution in [3.63, 3.8) is 0 Å². The Kier molecular flexibility index (Phi) is 2.93. The largest absolute Gasteiger partial charge is 0.452 e. The third kappa shape index (κ3) is 2.18. The lowest BCUT2D eigenvalue weighted by molar-refractivity contribution is -0.144. The smallest absolute Gasteiger partial charge is 0.356 e. The highest BCUT2D eigenvalue weighted by Gasteiger charge is 2.39. The van der Waals surface area contributed by atoms with Gasteiger partial charge in [-0.25, -0.2) is 0 Å². The molecule has 2 saturated heterocycles. The molecule has 2 aliphatic rings. The van der Waals surface area contributed by atoms with Gasteiger partial charge in [-0.2, -0.15) is 22.5 Å². The number of hydrogen-bond acceptors (Lipinski definition) is 5. The van der Waals surface area contributed by atoms with Gasteiger partial charge in [0, 0.05) is 30.2 Å². The molecule has 2 atom stereocenters. The monoisotopic (exact) mass is 278 g/mol. The molecule has 18 heavy (non-hydrogen) atoms. The maximum Gasteiger partial charge on any atom is 0.452 e. The molecule has 8 heteroatoms. The van der Waals surface area contributed by atoms with Crippen LogP contribution in [-0.2, 0) is 6.18 Å². The number of fused-ring (bicyclic) bond motifs is 1. The van der Waals surface area contributed by atoms with Crippen LogP contribution in [0.15, 0.2) is 0 Å². The Bertz CT molecular complexity index is 433. The minimum atomic E-state index is -4.45. The van der Waals surface area contributed by atoms with Gasteiger partial charge in [-0.15, -0.1) is 0 Å². The van der Waals surface area contributed by atoms with Crippen molar-refractivity contribution in [2.75, 3.05) is 18.4 Å². The van der Waals surface area contributed by atoms with E-state index < -0.39 is 12.0 Å². The summed E-state index contributed by atoms with van der Waals surface area (Å²) in [6.45, 7) is 2.13. The van der Waals surface area contributed by atoms with Crippen LogP contribution in [0.1, 0.15) is 25.1 Å². The van der Waals surface area contributed by atoms with E-state index in [1.165, 1.54) is 6.42 Å². The van der Waals surface area contributed by atoms with Crippen molar-refractivity contribution >= 4 is 16.7 Å². The van der Waals surface area contributed by atoms with Crippen LogP contribution in [-0.4, -0.2) is 39.4 Å². The maximum atomic E-state index is 12.4. The molecule has 2 unspecified atom stereocenters. The number of nitrogens with one attached hydrogen (secondary N) is 1. The molecule has 2 fully saturated rings. The molecule has 0 saturated carbocycles. The van der Waals surface area contributed by atoms with Gasteiger partial charge in [-0.05, 0) is 25.8 Å². The predicted octanol–water partition coefficient (Wildman–Crippen LogP) is 2.21. The zero-order valence-electron chi connectivity index (χ0n) is 9.57. The summed E-state index contributed by atoms with van der Waals surface area (Å²) in [6, 6.07) is 0.657. The molecule has 0 aliphatic carbocycles. The van der Waals surface area contributed by atoms with E-state index in [4.69, 9.17) is 0 Å². The van der Waals surface area contributed by atoms with Gasteiger partial charge in [0.1, 0.15) is 0 Å². The van der Waals surface area contributed by atoms with Gasteiger partial charge in [0.15, 0.2) is 0 Å². The first-order valence-electron chi connectivity index (χ1n) is 5.95. The van der Waals surface area contributed by atoms with Gasteiger partial charge in [-0.3, -0.25) is 4.90 Å². The van der Waals surface area contributed by atoms with Gasteiger partial charge in [-0.1, -0.05) is 0 Å². The molecular weight excluding hydrogens is 265 g/mol. The summed E-state index contributed by atoms with van der Waals surface area (Å²) in [5.74, 6) is -1.05. The highest BCUT2D eigenvalue weighted by molar-refractivity contribution is 7.09. The molecule has 4 nitrogen and oxygen atoms in total. The second-order valence-corrected chi connectivity index (χ2v) is 5.46. The highest BCUT2D eigenvalue weighted by Crippen LogP contribution is 2.32. The van der Waals surface area contributed by atoms with E-state index in [1.807, 2.05) is 0 Å². The molecule has 0 radical (unpaired) electrons. The van der Waals surface area contributed by atoms with Gasteiger partial charge in [0.05, 0.1) is 0 Å². The van der Waals surface area contributed by atoms with Crippen LogP contribution in [0.2, 0.25) is 0 Å². The summed E-state index contributed by atoms with van der Waals surface area (Å²) >= 11 is 0.787. The van der Waals surface area contributed by atoms with Crippen molar-refractivity contribution in [3.8, 4) is 0 Å². The summed E-state index contributed by atoms with van der Waals surface area (Å²) in [4.78, 5) is 5.90. The maximum absolute atomic E-state index is 12.4. The van der Waals surface area contributed by atoms with E-state index in [0.29, 0.717) is 6.04 Å². The molecular formula is C10H13F3N4S. The molecule has 1 aromatic rings. The lowest BCUT2D eigenvalue weighted by Crippen LogP contribution is -2.33. The standard InChI is InChI=1S/C10H13F3N4S/c11-10(12,13)8-15-9(18-16-8)14-6-3-5-17-4-1-2-7(6)17/h6-7H,1-5H2,(H,14,15,16). The third-order valence-corrected chi connectivity index (χ3v) is 4.24. The first-order chi connectivity index (χ1) is 8.54. The van der Waals surface area contributed by atoms with Crippen LogP contribution in [0.4, 0.5) is 18.3 Å². The normalized spacial score (nSPS) is 28.6. The topological polar surface area (TPSA) is 41.1 Å². The average Bonchev–Trinajstić information content (AvgIpc) is 2.95. The molecule has 0 aromatic carbocycles. The van der Waals surface area contributed by atoms with Gasteiger partial charge >= 0.3 is 6.18 Å². The Morgan fingerprint density at radius 2 is 2.11 bits per heavy atom. The SMILES string of the molecule is FC(F)(F)c1nsc(NC2CCN3CCCC23)n1. The molecule has 3 heterocycles. The van der Waals surface area contributed by atoms with Crippen molar-refractivity contribution < 1.29 is 13.2 Å². The Morgan fingerprint density at radius 3 is 2.83 bits per heavy atom. The van der Waals surface area contributed by atoms with Gasteiger partial charge in [0.2, 0.25) is 11.0 Å². The number of aromatic nitrogens is 2. The lowest BCUT2D eigenvalue weighted by atomic mass is 10.1. The van der Waals surface area contributed by atoms with Crippen molar-refractivity contribution in [1.82, 2.24) is 14.3 Å². The van der Waals surface area contributed by atoms with Crippen LogP contribution in [0, 0.1) is 0 Å². The first-order valence-corrected chi connectivity index (χ1v) is 6.73. The first kappa shape index (κ1) is 12.2. The molecule has 0 amide bonds. The summed E-state index contributed by atoms with van der Waals surface area (Å²) < 4.78 is 40.5. The number of halogens is 3. The van der Waals surface area contributed by atoms with Crippen LogP contribution in [0.3, 0.4) is 0 Å². The number of alkyl halides is 3. The predicted molar refractivity (Wildman–Crippen MR) is 61.5 cm³/mol. The highest BCUT2D eigenvalue weighted by atomic mass is 32.1. The molecule has 3 rings (SSSR count). The van der Waals surface area contributed by atoms with Crippen molar-refractivity contribution in [2.24, 2.45) is 0 Å². The van der Waals surface area contributed by atoms with Crippen molar-refractivity contribution in [3.05, 3.63) is 5.82 Å². The number of hydrogen-bond donors (Lipinski definition) is 1. The summed E-state index contributed by atoms with van der Waals surface area (Å²) in [7, 11) is 0. The fourth-order valence-electron chi connectivity index (χ4n) is 2.81. The lowest BCUT2D eigenvalue weighted by Gasteiger charge is -2.20. The van der Waals surface area contributed by atoms with Crippen LogP contribution in [0.5, 0.6) is 0 Å². The number of anilines is 1. The van der Waals surface area contributed by atoms with Crippen molar-refractivity contribution in [1.29, 1.82) is 0 Å². The Balaban J connectivity index is 1.68. The van der Waals surface area contributed by atoms with E-state index in [9.17, 15) is 13.2 Å². The van der Waals surface area contributed by atoms with Gasteiger partial charge < -0.3 is 5.32 Å². The zero-order chi connectivity index (χ0) is 12.8. The fraction of sp³-hybridized carbons (Fsp3) is 0.800. The van der Waals surface area contributed by atoms with E-state index in [-0.39, 0.29) is 11.2 Å². The van der Waals surface area contributed by atoms with Crippen LogP contribution < -0.4 is 5.32 Å². The number of nitrogens with zero attached hydrogens (tertiary/aromatic N) is 3. The van der Waals surface area contributed by atoms with E-state index >= 15 is 0 Å². The van der Waals surface area contributed by atoms with Crippen LogP contribution >= 0.6 is 11.5 Å². The Labute approximate surface area is 106 Å². The summed E-state index contributed by atoms with van der Waals surface area (Å²) in [6.07, 6.45) is -1.20. The van der Waals surface area contributed by atoms with E-state index in [2.05, 4.69) is 19.6 Å². The second-order valence-electron chi connectivity index (χ2n) is 4.71. The second kappa shape index (κ2) is 4.34. The van der Waals surface area contributed by atoms with Crippen LogP contribution in [0.25, 0.3) is 0 Å². The quantitative estimate of drug-likeness (QED) is 0.900.